The fraction of sp³-hybridized carbons (Fsp3) is 0.459. The molecule has 0 unspecified atom stereocenters. The van der Waals surface area contributed by atoms with Gasteiger partial charge < -0.3 is 5.11 Å². The minimum absolute atomic E-state index is 0. The van der Waals surface area contributed by atoms with Gasteiger partial charge in [-0.05, 0) is 72.7 Å². The minimum atomic E-state index is 0. The van der Waals surface area contributed by atoms with E-state index in [0.29, 0.717) is 0 Å². The number of benzene rings is 3. The molecule has 41 heavy (non-hydrogen) atoms. The molecule has 1 fully saturated rings. The van der Waals surface area contributed by atoms with Crippen LogP contribution >= 0.6 is 0 Å². The van der Waals surface area contributed by atoms with Crippen molar-refractivity contribution < 1.29 is 30.0 Å². The first-order valence-corrected chi connectivity index (χ1v) is 15.4. The van der Waals surface area contributed by atoms with Crippen LogP contribution < -0.4 is 0 Å². The monoisotopic (exact) mass is 729 g/mol. The smallest absolute Gasteiger partial charge is 0.162 e. The van der Waals surface area contributed by atoms with Crippen molar-refractivity contribution in [2.75, 3.05) is 0 Å². The normalized spacial score (nSPS) is 14.7. The molecule has 5 rings (SSSR count). The Morgan fingerprint density at radius 1 is 0.976 bits per heavy atom. The molecule has 0 spiro atoms. The second kappa shape index (κ2) is 15.1. The predicted molar refractivity (Wildman–Crippen MR) is 169 cm³/mol. The number of hydrogen-bond acceptors (Lipinski definition) is 3. The van der Waals surface area contributed by atoms with E-state index in [1.807, 2.05) is 27.7 Å². The third-order valence-electron chi connectivity index (χ3n) is 8.82. The van der Waals surface area contributed by atoms with Gasteiger partial charge in [0.15, 0.2) is 5.78 Å². The van der Waals surface area contributed by atoms with Crippen LogP contribution in [0.5, 0.6) is 0 Å². The number of carbonyl (C=O) groups is 1. The molecular formula is C37H46IrNO2-. The summed E-state index contributed by atoms with van der Waals surface area (Å²) in [5, 5.41) is 12.5. The summed E-state index contributed by atoms with van der Waals surface area (Å²) in [6, 6.07) is 19.2. The summed E-state index contributed by atoms with van der Waals surface area (Å²) in [5.41, 5.74) is 8.55. The summed E-state index contributed by atoms with van der Waals surface area (Å²) < 4.78 is 0. The van der Waals surface area contributed by atoms with E-state index in [4.69, 9.17) is 4.99 Å². The summed E-state index contributed by atoms with van der Waals surface area (Å²) >= 11 is 0. The van der Waals surface area contributed by atoms with Crippen molar-refractivity contribution in [1.82, 2.24) is 0 Å². The molecule has 4 heteroatoms. The van der Waals surface area contributed by atoms with Gasteiger partial charge in [-0.1, -0.05) is 78.6 Å². The molecule has 1 N–H and O–H groups in total. The molecule has 2 aliphatic rings. The molecule has 0 atom stereocenters. The zero-order chi connectivity index (χ0) is 28.8. The number of carbonyl (C=O) groups excluding carboxylic acids is 1. The quantitative estimate of drug-likeness (QED) is 0.106. The molecule has 0 bridgehead atoms. The number of allylic oxidation sites excluding steroid dienone is 2. The summed E-state index contributed by atoms with van der Waals surface area (Å²) in [4.78, 5) is 16.7. The zero-order valence-electron chi connectivity index (χ0n) is 25.6. The maximum absolute atomic E-state index is 11.7. The van der Waals surface area contributed by atoms with Crippen molar-refractivity contribution in [3.63, 3.8) is 0 Å². The van der Waals surface area contributed by atoms with Crippen LogP contribution in [-0.4, -0.2) is 16.6 Å². The molecule has 0 saturated heterocycles. The molecular weight excluding hydrogens is 683 g/mol. The van der Waals surface area contributed by atoms with E-state index >= 15 is 0 Å². The van der Waals surface area contributed by atoms with Crippen molar-refractivity contribution in [2.24, 2.45) is 16.8 Å². The Kier molecular flexibility index (Phi) is 12.1. The van der Waals surface area contributed by atoms with Crippen molar-refractivity contribution in [3.8, 4) is 0 Å². The van der Waals surface area contributed by atoms with Crippen LogP contribution in [0.25, 0.3) is 10.8 Å². The van der Waals surface area contributed by atoms with E-state index in [1.54, 1.807) is 0 Å². The van der Waals surface area contributed by atoms with E-state index in [-0.39, 0.29) is 43.5 Å². The van der Waals surface area contributed by atoms with Crippen LogP contribution in [0.15, 0.2) is 59.3 Å². The Labute approximate surface area is 260 Å². The molecule has 3 aromatic carbocycles. The third-order valence-corrected chi connectivity index (χ3v) is 8.82. The van der Waals surface area contributed by atoms with Crippen LogP contribution in [0.1, 0.15) is 113 Å². The number of aliphatic imine (C=N–C) groups is 1. The predicted octanol–water partition coefficient (Wildman–Crippen LogP) is 10.3. The summed E-state index contributed by atoms with van der Waals surface area (Å²) in [5.74, 6) is 1.27. The van der Waals surface area contributed by atoms with E-state index in [1.165, 1.54) is 64.8 Å². The number of rotatable bonds is 9. The Balaban J connectivity index is 0.000000253. The van der Waals surface area contributed by atoms with Gasteiger partial charge in [0.05, 0.1) is 11.4 Å². The average Bonchev–Trinajstić information content (AvgIpc) is 3.60. The second-order valence-electron chi connectivity index (χ2n) is 11.6. The molecule has 1 aliphatic heterocycles. The molecule has 0 aromatic heterocycles. The Morgan fingerprint density at radius 3 is 2.24 bits per heavy atom. The molecule has 1 saturated carbocycles. The van der Waals surface area contributed by atoms with Crippen molar-refractivity contribution in [2.45, 2.75) is 98.8 Å². The zero-order valence-corrected chi connectivity index (χ0v) is 28.0. The first kappa shape index (κ1) is 33.0. The topological polar surface area (TPSA) is 49.7 Å². The number of aliphatic hydroxyl groups excluding tert-OH is 1. The molecule has 3 nitrogen and oxygen atoms in total. The van der Waals surface area contributed by atoms with Gasteiger partial charge in [0, 0.05) is 43.4 Å². The van der Waals surface area contributed by atoms with Crippen LogP contribution in [0.4, 0.5) is 5.69 Å². The minimum Gasteiger partial charge on any atom is -0.512 e. The maximum atomic E-state index is 11.7. The Bertz CT molecular complexity index is 1390. The van der Waals surface area contributed by atoms with Crippen molar-refractivity contribution >= 4 is 28.0 Å². The van der Waals surface area contributed by atoms with Gasteiger partial charge in [-0.25, -0.2) is 0 Å². The molecule has 0 amide bonds. The standard InChI is InChI=1S/C24H22N.C13H24O2.Ir/c1-15-12-16(2)14-18(13-15)24-21-9-5-8-20-19(17-6-3-4-7-17)10-11-22(25-24)23(20)21;1-5-10(6-2)12(14)9-13(15)11(7-3)8-4;/h5,8-13,17H,3-4,6-7H2,1-2H3;9-11,14H,5-8H2,1-4H3;/q-1;;/b;12-9-;. The van der Waals surface area contributed by atoms with Gasteiger partial charge in [-0.2, -0.15) is 0 Å². The number of aryl methyl sites for hydroxylation is 2. The fourth-order valence-electron chi connectivity index (χ4n) is 6.48. The van der Waals surface area contributed by atoms with Gasteiger partial charge in [0.25, 0.3) is 0 Å². The van der Waals surface area contributed by atoms with Crippen molar-refractivity contribution in [1.29, 1.82) is 0 Å². The number of nitrogens with zero attached hydrogens (tertiary/aromatic N) is 1. The van der Waals surface area contributed by atoms with Gasteiger partial charge in [0.2, 0.25) is 0 Å². The van der Waals surface area contributed by atoms with E-state index < -0.39 is 0 Å². The average molecular weight is 729 g/mol. The SMILES string of the molecule is CCC(CC)C(=O)/C=C(\O)C(CC)CC.Cc1[c-]c(C2=Nc3ccc(C4CCCC4)c4cccc2c34)cc(C)c1.[Ir]. The maximum Gasteiger partial charge on any atom is 0.162 e. The molecule has 3 aromatic rings. The number of hydrogen-bond donors (Lipinski definition) is 1. The van der Waals surface area contributed by atoms with Crippen LogP contribution in [0.3, 0.4) is 0 Å². The van der Waals surface area contributed by atoms with E-state index in [2.05, 4.69) is 62.4 Å². The third kappa shape index (κ3) is 7.46. The molecule has 221 valence electrons. The fourth-order valence-corrected chi connectivity index (χ4v) is 6.48. The first-order chi connectivity index (χ1) is 19.3. The Hall–Kier alpha value is -2.55. The molecule has 1 aliphatic carbocycles. The van der Waals surface area contributed by atoms with Gasteiger partial charge in [0.1, 0.15) is 0 Å². The van der Waals surface area contributed by atoms with Gasteiger partial charge >= 0.3 is 0 Å². The van der Waals surface area contributed by atoms with Gasteiger partial charge in [-0.15, -0.1) is 34.9 Å². The Morgan fingerprint density at radius 2 is 1.63 bits per heavy atom. The van der Waals surface area contributed by atoms with Crippen molar-refractivity contribution in [3.05, 3.63) is 88.2 Å². The summed E-state index contributed by atoms with van der Waals surface area (Å²) in [7, 11) is 0. The number of aliphatic hydroxyl groups is 1. The largest absolute Gasteiger partial charge is 0.512 e. The molecule has 1 heterocycles. The first-order valence-electron chi connectivity index (χ1n) is 15.4. The van der Waals surface area contributed by atoms with Crippen LogP contribution in [0.2, 0.25) is 0 Å². The van der Waals surface area contributed by atoms with Crippen LogP contribution in [-0.2, 0) is 24.9 Å². The summed E-state index contributed by atoms with van der Waals surface area (Å²) in [6.07, 6.45) is 10.3. The number of ketones is 1. The summed E-state index contributed by atoms with van der Waals surface area (Å²) in [6.45, 7) is 12.3. The van der Waals surface area contributed by atoms with E-state index in [9.17, 15) is 9.90 Å². The van der Waals surface area contributed by atoms with E-state index in [0.717, 1.165) is 48.6 Å². The van der Waals surface area contributed by atoms with Gasteiger partial charge in [-0.3, -0.25) is 9.79 Å². The second-order valence-corrected chi connectivity index (χ2v) is 11.6. The molecule has 1 radical (unpaired) electrons. The van der Waals surface area contributed by atoms with Crippen LogP contribution in [0, 0.1) is 31.7 Å².